The third-order valence-corrected chi connectivity index (χ3v) is 3.99. The van der Waals surface area contributed by atoms with Gasteiger partial charge in [-0.05, 0) is 34.1 Å². The van der Waals surface area contributed by atoms with Crippen LogP contribution in [0.25, 0.3) is 0 Å². The Morgan fingerprint density at radius 1 is 0.905 bits per heavy atom. The smallest absolute Gasteiger partial charge is 0.136 e. The molecule has 0 amide bonds. The van der Waals surface area contributed by atoms with Crippen molar-refractivity contribution < 1.29 is 18.9 Å². The highest BCUT2D eigenvalue weighted by atomic mass is 16.6. The Morgan fingerprint density at radius 2 is 1.38 bits per heavy atom. The number of hydrogen-bond donors (Lipinski definition) is 0. The molecule has 5 nitrogen and oxygen atoms in total. The maximum absolute atomic E-state index is 6.02. The predicted octanol–water partition coefficient (Wildman–Crippen LogP) is 2.39. The molecule has 2 atom stereocenters. The molecule has 2 aliphatic rings. The van der Waals surface area contributed by atoms with E-state index in [4.69, 9.17) is 18.9 Å². The van der Waals surface area contributed by atoms with Crippen LogP contribution in [0.5, 0.6) is 0 Å². The van der Waals surface area contributed by atoms with Crippen molar-refractivity contribution in [2.45, 2.75) is 71.1 Å². The van der Waals surface area contributed by atoms with Crippen molar-refractivity contribution in [2.75, 3.05) is 33.0 Å². The molecule has 21 heavy (non-hydrogen) atoms. The van der Waals surface area contributed by atoms with Crippen LogP contribution in [-0.4, -0.2) is 61.5 Å². The summed E-state index contributed by atoms with van der Waals surface area (Å²) in [4.78, 5) is 2.26. The third kappa shape index (κ3) is 4.89. The normalized spacial score (nSPS) is 32.3. The van der Waals surface area contributed by atoms with E-state index in [0.29, 0.717) is 26.4 Å². The van der Waals surface area contributed by atoms with Gasteiger partial charge in [0.1, 0.15) is 12.5 Å². The van der Waals surface area contributed by atoms with E-state index >= 15 is 0 Å². The van der Waals surface area contributed by atoms with Gasteiger partial charge >= 0.3 is 0 Å². The van der Waals surface area contributed by atoms with E-state index in [-0.39, 0.29) is 23.7 Å². The first-order valence-electron chi connectivity index (χ1n) is 8.10. The number of unbranched alkanes of at least 4 members (excludes halogenated alkanes) is 1. The molecule has 2 unspecified atom stereocenters. The van der Waals surface area contributed by atoms with E-state index in [2.05, 4.69) is 39.5 Å². The molecule has 0 N–H and O–H groups in total. The van der Waals surface area contributed by atoms with Crippen LogP contribution in [0.3, 0.4) is 0 Å². The van der Waals surface area contributed by atoms with Gasteiger partial charge in [-0.2, -0.15) is 0 Å². The molecule has 0 aromatic rings. The zero-order valence-electron chi connectivity index (χ0n) is 14.2. The summed E-state index contributed by atoms with van der Waals surface area (Å²) in [5, 5.41) is 0. The molecule has 124 valence electrons. The van der Waals surface area contributed by atoms with Crippen LogP contribution < -0.4 is 0 Å². The molecule has 2 rings (SSSR count). The minimum atomic E-state index is -0.196. The average Bonchev–Trinajstić information content (AvgIpc) is 2.42. The molecule has 0 bridgehead atoms. The maximum Gasteiger partial charge on any atom is 0.136 e. The molecular weight excluding hydrogens is 270 g/mol. The van der Waals surface area contributed by atoms with Crippen molar-refractivity contribution in [3.63, 3.8) is 0 Å². The Labute approximate surface area is 128 Å². The van der Waals surface area contributed by atoms with Crippen LogP contribution in [-0.2, 0) is 18.9 Å². The standard InChI is InChI=1S/C16H31NO4/c1-6-7-8-17(13-9-20-15(2,3)11-18-13)14-10-21-16(4,5)12-19-14/h13-14H,6-12H2,1-5H3. The molecule has 0 aromatic carbocycles. The van der Waals surface area contributed by atoms with Gasteiger partial charge in [-0.3, -0.25) is 0 Å². The summed E-state index contributed by atoms with van der Waals surface area (Å²) in [6.07, 6.45) is 2.18. The maximum atomic E-state index is 6.02. The lowest BCUT2D eigenvalue weighted by Crippen LogP contribution is -2.58. The summed E-state index contributed by atoms with van der Waals surface area (Å²) in [6.45, 7) is 13.8. The van der Waals surface area contributed by atoms with Crippen molar-refractivity contribution in [3.8, 4) is 0 Å². The predicted molar refractivity (Wildman–Crippen MR) is 81.2 cm³/mol. The minimum absolute atomic E-state index is 0.0422. The third-order valence-electron chi connectivity index (χ3n) is 3.99. The van der Waals surface area contributed by atoms with E-state index in [1.807, 2.05) is 0 Å². The Kier molecular flexibility index (Phi) is 5.65. The van der Waals surface area contributed by atoms with Crippen LogP contribution in [0.4, 0.5) is 0 Å². The summed E-state index contributed by atoms with van der Waals surface area (Å²) >= 11 is 0. The SMILES string of the molecule is CCCCN(C1COC(C)(C)CO1)C1COC(C)(C)CO1. The van der Waals surface area contributed by atoms with Crippen LogP contribution in [0, 0.1) is 0 Å². The zero-order valence-corrected chi connectivity index (χ0v) is 14.2. The highest BCUT2D eigenvalue weighted by Gasteiger charge is 2.38. The molecule has 0 saturated carbocycles. The van der Waals surface area contributed by atoms with Gasteiger partial charge in [-0.25, -0.2) is 4.90 Å². The van der Waals surface area contributed by atoms with Crippen LogP contribution in [0.1, 0.15) is 47.5 Å². The highest BCUT2D eigenvalue weighted by molar-refractivity contribution is 4.81. The van der Waals surface area contributed by atoms with Gasteiger partial charge in [0.2, 0.25) is 0 Å². The summed E-state index contributed by atoms with van der Waals surface area (Å²) in [5.74, 6) is 0. The Bertz CT molecular complexity index is 284. The van der Waals surface area contributed by atoms with Crippen molar-refractivity contribution in [1.82, 2.24) is 4.90 Å². The van der Waals surface area contributed by atoms with E-state index in [1.54, 1.807) is 0 Å². The first-order chi connectivity index (χ1) is 9.83. The van der Waals surface area contributed by atoms with Gasteiger partial charge in [0.15, 0.2) is 0 Å². The van der Waals surface area contributed by atoms with Crippen molar-refractivity contribution in [3.05, 3.63) is 0 Å². The van der Waals surface area contributed by atoms with E-state index < -0.39 is 0 Å². The monoisotopic (exact) mass is 301 g/mol. The lowest BCUT2D eigenvalue weighted by Gasteiger charge is -2.45. The first kappa shape index (κ1) is 17.2. The fourth-order valence-corrected chi connectivity index (χ4v) is 2.56. The first-order valence-corrected chi connectivity index (χ1v) is 8.10. The van der Waals surface area contributed by atoms with Gasteiger partial charge in [0, 0.05) is 6.54 Å². The van der Waals surface area contributed by atoms with E-state index in [1.165, 1.54) is 0 Å². The summed E-state index contributed by atoms with van der Waals surface area (Å²) in [5.41, 5.74) is -0.391. The second-order valence-corrected chi connectivity index (χ2v) is 7.26. The molecule has 2 heterocycles. The number of ether oxygens (including phenoxy) is 4. The van der Waals surface area contributed by atoms with Crippen molar-refractivity contribution in [1.29, 1.82) is 0 Å². The summed E-state index contributed by atoms with van der Waals surface area (Å²) in [6, 6.07) is 0. The molecular formula is C16H31NO4. The summed E-state index contributed by atoms with van der Waals surface area (Å²) < 4.78 is 23.9. The Hall–Kier alpha value is -0.200. The van der Waals surface area contributed by atoms with Gasteiger partial charge in [0.25, 0.3) is 0 Å². The number of nitrogens with zero attached hydrogens (tertiary/aromatic N) is 1. The van der Waals surface area contributed by atoms with E-state index in [0.717, 1.165) is 19.4 Å². The largest absolute Gasteiger partial charge is 0.369 e. The van der Waals surface area contributed by atoms with Crippen molar-refractivity contribution >= 4 is 0 Å². The van der Waals surface area contributed by atoms with Crippen molar-refractivity contribution in [2.24, 2.45) is 0 Å². The molecule has 0 aromatic heterocycles. The zero-order chi connectivity index (χ0) is 15.5. The quantitative estimate of drug-likeness (QED) is 0.780. The van der Waals surface area contributed by atoms with Gasteiger partial charge in [-0.15, -0.1) is 0 Å². The molecule has 0 aliphatic carbocycles. The van der Waals surface area contributed by atoms with Gasteiger partial charge in [-0.1, -0.05) is 13.3 Å². The topological polar surface area (TPSA) is 40.2 Å². The molecule has 0 spiro atoms. The number of rotatable bonds is 5. The Balaban J connectivity index is 1.95. The molecule has 2 fully saturated rings. The van der Waals surface area contributed by atoms with E-state index in [9.17, 15) is 0 Å². The molecule has 5 heteroatoms. The fraction of sp³-hybridized carbons (Fsp3) is 1.00. The van der Waals surface area contributed by atoms with Crippen LogP contribution >= 0.6 is 0 Å². The van der Waals surface area contributed by atoms with Crippen LogP contribution in [0.2, 0.25) is 0 Å². The lowest BCUT2D eigenvalue weighted by atomic mass is 10.1. The molecule has 2 saturated heterocycles. The van der Waals surface area contributed by atoms with Gasteiger partial charge in [0.05, 0.1) is 37.6 Å². The van der Waals surface area contributed by atoms with Gasteiger partial charge < -0.3 is 18.9 Å². The Morgan fingerprint density at radius 3 is 1.71 bits per heavy atom. The molecule has 2 aliphatic heterocycles. The average molecular weight is 301 g/mol. The summed E-state index contributed by atoms with van der Waals surface area (Å²) in [7, 11) is 0. The minimum Gasteiger partial charge on any atom is -0.369 e. The van der Waals surface area contributed by atoms with Crippen LogP contribution in [0.15, 0.2) is 0 Å². The number of hydrogen-bond acceptors (Lipinski definition) is 5. The molecule has 0 radical (unpaired) electrons. The fourth-order valence-electron chi connectivity index (χ4n) is 2.56. The second-order valence-electron chi connectivity index (χ2n) is 7.26. The lowest BCUT2D eigenvalue weighted by molar-refractivity contribution is -0.278. The highest BCUT2D eigenvalue weighted by Crippen LogP contribution is 2.25. The second kappa shape index (κ2) is 6.92.